The molecule has 0 bridgehead atoms. The number of carboxylic acids is 1. The minimum atomic E-state index is -0.833. The number of fused-ring (bicyclic) bond motifs is 3. The number of carbonyl (C=O) groups is 1. The van der Waals surface area contributed by atoms with E-state index < -0.39 is 5.97 Å². The van der Waals surface area contributed by atoms with E-state index in [-0.39, 0.29) is 18.8 Å². The van der Waals surface area contributed by atoms with E-state index in [9.17, 15) is 5.11 Å². The Hall–Kier alpha value is -2.03. The van der Waals surface area contributed by atoms with Gasteiger partial charge < -0.3 is 19.5 Å². The lowest BCUT2D eigenvalue weighted by Crippen LogP contribution is -2.30. The first kappa shape index (κ1) is 17.8. The fourth-order valence-electron chi connectivity index (χ4n) is 3.18. The monoisotopic (exact) mass is 363 g/mol. The van der Waals surface area contributed by atoms with Crippen LogP contribution >= 0.6 is 11.3 Å². The second-order valence-corrected chi connectivity index (χ2v) is 6.96. The fraction of sp³-hybridized carbons (Fsp3) is 0.471. The first-order chi connectivity index (χ1) is 12.0. The van der Waals surface area contributed by atoms with Crippen LogP contribution in [0.5, 0.6) is 0 Å². The number of hydrogen-bond acceptors (Lipinski definition) is 6. The van der Waals surface area contributed by atoms with Gasteiger partial charge in [-0.15, -0.1) is 11.3 Å². The van der Waals surface area contributed by atoms with Gasteiger partial charge in [-0.2, -0.15) is 0 Å². The molecule has 1 saturated heterocycles. The van der Waals surface area contributed by atoms with Crippen LogP contribution < -0.4 is 0 Å². The Balaban J connectivity index is 0.000000415. The van der Waals surface area contributed by atoms with E-state index in [1.165, 1.54) is 10.2 Å². The number of carboxylic acid groups (broad SMARTS) is 1. The Morgan fingerprint density at radius 2 is 2.20 bits per heavy atom. The fourth-order valence-corrected chi connectivity index (χ4v) is 4.07. The maximum absolute atomic E-state index is 9.20. The lowest BCUT2D eigenvalue weighted by Gasteiger charge is -2.30. The number of pyridine rings is 1. The summed E-state index contributed by atoms with van der Waals surface area (Å²) < 4.78 is 9.24. The predicted molar refractivity (Wildman–Crippen MR) is 96.1 cm³/mol. The van der Waals surface area contributed by atoms with E-state index in [1.807, 2.05) is 19.2 Å². The van der Waals surface area contributed by atoms with Crippen LogP contribution in [0.3, 0.4) is 0 Å². The zero-order chi connectivity index (χ0) is 18.0. The van der Waals surface area contributed by atoms with Gasteiger partial charge in [0, 0.05) is 6.92 Å². The van der Waals surface area contributed by atoms with Gasteiger partial charge >= 0.3 is 0 Å². The van der Waals surface area contributed by atoms with Crippen molar-refractivity contribution in [3.63, 3.8) is 0 Å². The number of aryl methyl sites for hydroxylation is 1. The van der Waals surface area contributed by atoms with E-state index in [1.54, 1.807) is 11.3 Å². The van der Waals surface area contributed by atoms with Crippen molar-refractivity contribution in [2.75, 3.05) is 13.2 Å². The molecule has 2 atom stereocenters. The number of aromatic nitrogens is 3. The van der Waals surface area contributed by atoms with Gasteiger partial charge in [-0.1, -0.05) is 0 Å². The second-order valence-electron chi connectivity index (χ2n) is 6.04. The maximum atomic E-state index is 9.20. The molecule has 0 aliphatic carbocycles. The van der Waals surface area contributed by atoms with Gasteiger partial charge in [0.05, 0.1) is 47.3 Å². The SMILES string of the molecule is CC(=O)O.Cc1nc2cnc3ccsc3c2n1[C@H]1CC[C@H](CO)OC1. The number of aliphatic hydroxyl groups excluding tert-OH is 1. The smallest absolute Gasteiger partial charge is 0.300 e. The minimum absolute atomic E-state index is 0.0141. The highest BCUT2D eigenvalue weighted by atomic mass is 32.1. The number of hydrogen-bond donors (Lipinski definition) is 2. The van der Waals surface area contributed by atoms with Crippen molar-refractivity contribution >= 4 is 38.6 Å². The molecular formula is C17H21N3O4S. The van der Waals surface area contributed by atoms with Crippen LogP contribution in [0.2, 0.25) is 0 Å². The highest BCUT2D eigenvalue weighted by molar-refractivity contribution is 7.18. The third-order valence-electron chi connectivity index (χ3n) is 4.21. The van der Waals surface area contributed by atoms with Crippen molar-refractivity contribution in [3.8, 4) is 0 Å². The van der Waals surface area contributed by atoms with Crippen LogP contribution in [-0.2, 0) is 9.53 Å². The third kappa shape index (κ3) is 3.65. The molecule has 0 unspecified atom stereocenters. The normalized spacial score (nSPS) is 20.4. The topological polar surface area (TPSA) is 97.5 Å². The molecule has 0 saturated carbocycles. The van der Waals surface area contributed by atoms with Crippen LogP contribution in [-0.4, -0.2) is 50.0 Å². The summed E-state index contributed by atoms with van der Waals surface area (Å²) in [6.45, 7) is 3.86. The summed E-state index contributed by atoms with van der Waals surface area (Å²) in [5.41, 5.74) is 3.15. The molecule has 0 spiro atoms. The van der Waals surface area contributed by atoms with Gasteiger partial charge in [-0.05, 0) is 31.2 Å². The Kier molecular flexibility index (Phi) is 5.31. The van der Waals surface area contributed by atoms with Gasteiger partial charge in [0.15, 0.2) is 0 Å². The van der Waals surface area contributed by atoms with E-state index in [2.05, 4.69) is 19.9 Å². The standard InChI is InChI=1S/C15H17N3O2S.C2H4O2/c1-9-17-13-6-16-12-4-5-21-15(12)14(13)18(9)10-2-3-11(7-19)20-8-10;1-2(3)4/h4-6,10-11,19H,2-3,7-8H2,1H3;1H3,(H,3,4)/t10-,11+;/m0./s1. The van der Waals surface area contributed by atoms with Gasteiger partial charge in [0.2, 0.25) is 0 Å². The predicted octanol–water partition coefficient (Wildman–Crippen LogP) is 2.76. The summed E-state index contributed by atoms with van der Waals surface area (Å²) in [4.78, 5) is 18.1. The van der Waals surface area contributed by atoms with Crippen LogP contribution in [0.1, 0.15) is 31.6 Å². The molecule has 3 aromatic heterocycles. The summed E-state index contributed by atoms with van der Waals surface area (Å²) in [7, 11) is 0. The van der Waals surface area contributed by atoms with Gasteiger partial charge in [0.1, 0.15) is 11.3 Å². The molecule has 134 valence electrons. The Morgan fingerprint density at radius 1 is 1.44 bits per heavy atom. The van der Waals surface area contributed by atoms with E-state index >= 15 is 0 Å². The number of nitrogens with zero attached hydrogens (tertiary/aromatic N) is 3. The molecule has 0 radical (unpaired) electrons. The average Bonchev–Trinajstić information content (AvgIpc) is 3.17. The number of ether oxygens (including phenoxy) is 1. The number of thiophene rings is 1. The first-order valence-corrected chi connectivity index (χ1v) is 9.02. The molecule has 4 heterocycles. The van der Waals surface area contributed by atoms with Crippen molar-refractivity contribution in [1.29, 1.82) is 0 Å². The summed E-state index contributed by atoms with van der Waals surface area (Å²) in [5.74, 6) is 0.170. The van der Waals surface area contributed by atoms with Crippen molar-refractivity contribution in [1.82, 2.24) is 14.5 Å². The molecule has 1 aliphatic heterocycles. The van der Waals surface area contributed by atoms with Crippen molar-refractivity contribution < 1.29 is 19.7 Å². The third-order valence-corrected chi connectivity index (χ3v) is 5.13. The number of rotatable bonds is 2. The zero-order valence-electron chi connectivity index (χ0n) is 14.2. The summed E-state index contributed by atoms with van der Waals surface area (Å²) in [6.07, 6.45) is 3.74. The Labute approximate surface area is 148 Å². The molecule has 3 aromatic rings. The molecule has 0 amide bonds. The number of aliphatic hydroxyl groups is 1. The first-order valence-electron chi connectivity index (χ1n) is 8.14. The van der Waals surface area contributed by atoms with Crippen LogP contribution in [0, 0.1) is 6.92 Å². The molecule has 8 heteroatoms. The molecule has 25 heavy (non-hydrogen) atoms. The van der Waals surface area contributed by atoms with Gasteiger partial charge in [0.25, 0.3) is 5.97 Å². The average molecular weight is 363 g/mol. The number of imidazole rings is 1. The molecular weight excluding hydrogens is 342 g/mol. The maximum Gasteiger partial charge on any atom is 0.300 e. The molecule has 2 N–H and O–H groups in total. The number of aliphatic carboxylic acids is 1. The summed E-state index contributed by atoms with van der Waals surface area (Å²) in [5, 5.41) is 18.7. The van der Waals surface area contributed by atoms with Crippen molar-refractivity contribution in [3.05, 3.63) is 23.5 Å². The van der Waals surface area contributed by atoms with Gasteiger partial charge in [-0.25, -0.2) is 4.98 Å². The van der Waals surface area contributed by atoms with E-state index in [0.29, 0.717) is 6.61 Å². The van der Waals surface area contributed by atoms with Gasteiger partial charge in [-0.3, -0.25) is 9.78 Å². The molecule has 0 aromatic carbocycles. The van der Waals surface area contributed by atoms with E-state index in [4.69, 9.17) is 14.6 Å². The molecule has 4 rings (SSSR count). The van der Waals surface area contributed by atoms with Crippen molar-refractivity contribution in [2.45, 2.75) is 38.8 Å². The summed E-state index contributed by atoms with van der Waals surface area (Å²) >= 11 is 1.71. The lowest BCUT2D eigenvalue weighted by atomic mass is 10.0. The second kappa shape index (κ2) is 7.47. The van der Waals surface area contributed by atoms with Crippen LogP contribution in [0.15, 0.2) is 17.6 Å². The van der Waals surface area contributed by atoms with Crippen molar-refractivity contribution in [2.24, 2.45) is 0 Å². The Morgan fingerprint density at radius 3 is 2.84 bits per heavy atom. The van der Waals surface area contributed by atoms with Crippen LogP contribution in [0.25, 0.3) is 21.3 Å². The lowest BCUT2D eigenvalue weighted by molar-refractivity contribution is -0.134. The largest absolute Gasteiger partial charge is 0.481 e. The van der Waals surface area contributed by atoms with E-state index in [0.717, 1.165) is 36.6 Å². The summed E-state index contributed by atoms with van der Waals surface area (Å²) in [6, 6.07) is 2.33. The molecule has 1 fully saturated rings. The highest BCUT2D eigenvalue weighted by Crippen LogP contribution is 2.33. The quantitative estimate of drug-likeness (QED) is 0.727. The van der Waals surface area contributed by atoms with Crippen LogP contribution in [0.4, 0.5) is 0 Å². The minimum Gasteiger partial charge on any atom is -0.481 e. The molecule has 7 nitrogen and oxygen atoms in total. The molecule has 1 aliphatic rings. The zero-order valence-corrected chi connectivity index (χ0v) is 15.0. The Bertz CT molecular complexity index is 877. The highest BCUT2D eigenvalue weighted by Gasteiger charge is 2.26.